The fourth-order valence-electron chi connectivity index (χ4n) is 3.22. The van der Waals surface area contributed by atoms with Crippen LogP contribution in [-0.2, 0) is 6.54 Å². The molecule has 0 unspecified atom stereocenters. The van der Waals surface area contributed by atoms with Gasteiger partial charge in [0, 0.05) is 17.3 Å². The molecular formula is C22H20N4O. The number of carbonyl (C=O) groups is 1. The molecule has 4 rings (SSSR count). The van der Waals surface area contributed by atoms with Crippen molar-refractivity contribution < 1.29 is 4.79 Å². The Morgan fingerprint density at radius 1 is 1.00 bits per heavy atom. The number of nitrogens with zero attached hydrogens (tertiary/aromatic N) is 3. The van der Waals surface area contributed by atoms with Crippen LogP contribution in [-0.4, -0.2) is 20.7 Å². The van der Waals surface area contributed by atoms with Crippen molar-refractivity contribution >= 4 is 22.6 Å². The molecule has 0 saturated heterocycles. The Morgan fingerprint density at radius 3 is 2.48 bits per heavy atom. The number of benzene rings is 2. The number of hydrogen-bond acceptors (Lipinski definition) is 3. The first-order valence-corrected chi connectivity index (χ1v) is 8.83. The smallest absolute Gasteiger partial charge is 0.257 e. The van der Waals surface area contributed by atoms with Gasteiger partial charge in [0.25, 0.3) is 5.91 Å². The summed E-state index contributed by atoms with van der Waals surface area (Å²) in [5.74, 6) is -0.176. The Balaban J connectivity index is 1.57. The van der Waals surface area contributed by atoms with Crippen LogP contribution in [0.25, 0.3) is 11.0 Å². The summed E-state index contributed by atoms with van der Waals surface area (Å²) in [6.07, 6.45) is 3.35. The van der Waals surface area contributed by atoms with E-state index in [2.05, 4.69) is 33.6 Å². The molecule has 0 aliphatic rings. The van der Waals surface area contributed by atoms with Crippen molar-refractivity contribution in [1.29, 1.82) is 0 Å². The summed E-state index contributed by atoms with van der Waals surface area (Å²) in [6.45, 7) is 4.67. The summed E-state index contributed by atoms with van der Waals surface area (Å²) in [7, 11) is 0. The molecule has 0 spiro atoms. The molecule has 2 aromatic carbocycles. The van der Waals surface area contributed by atoms with E-state index in [-0.39, 0.29) is 5.91 Å². The first-order valence-electron chi connectivity index (χ1n) is 8.83. The summed E-state index contributed by atoms with van der Waals surface area (Å²) in [5, 5.41) is 8.21. The van der Waals surface area contributed by atoms with Crippen LogP contribution in [0.3, 0.4) is 0 Å². The lowest BCUT2D eigenvalue weighted by Crippen LogP contribution is -2.12. The molecule has 134 valence electrons. The molecule has 1 amide bonds. The van der Waals surface area contributed by atoms with Crippen LogP contribution in [0, 0.1) is 13.8 Å². The van der Waals surface area contributed by atoms with Gasteiger partial charge in [0.15, 0.2) is 5.65 Å². The number of fused-ring (bicyclic) bond motifs is 1. The third-order valence-electron chi connectivity index (χ3n) is 4.39. The molecule has 5 heteroatoms. The van der Waals surface area contributed by atoms with E-state index in [0.29, 0.717) is 12.1 Å². The van der Waals surface area contributed by atoms with E-state index in [0.717, 1.165) is 33.4 Å². The summed E-state index contributed by atoms with van der Waals surface area (Å²) in [6, 6.07) is 17.9. The van der Waals surface area contributed by atoms with Gasteiger partial charge in [-0.1, -0.05) is 36.4 Å². The standard InChI is InChI=1S/C22H20N4O/c1-15-8-16(2)10-20(9-15)25-22(27)19-11-18-13-24-26(21(18)23-12-19)14-17-6-4-3-5-7-17/h3-13H,14H2,1-2H3,(H,25,27). The third-order valence-corrected chi connectivity index (χ3v) is 4.39. The Morgan fingerprint density at radius 2 is 1.74 bits per heavy atom. The van der Waals surface area contributed by atoms with Crippen molar-refractivity contribution in [2.75, 3.05) is 5.32 Å². The largest absolute Gasteiger partial charge is 0.322 e. The van der Waals surface area contributed by atoms with E-state index in [4.69, 9.17) is 0 Å². The molecule has 2 heterocycles. The van der Waals surface area contributed by atoms with Crippen molar-refractivity contribution in [3.8, 4) is 0 Å². The van der Waals surface area contributed by atoms with E-state index in [1.165, 1.54) is 0 Å². The fourth-order valence-corrected chi connectivity index (χ4v) is 3.22. The van der Waals surface area contributed by atoms with Crippen molar-refractivity contribution in [2.24, 2.45) is 0 Å². The Labute approximate surface area is 157 Å². The number of nitrogens with one attached hydrogen (secondary N) is 1. The van der Waals surface area contributed by atoms with Gasteiger partial charge in [-0.2, -0.15) is 5.10 Å². The third kappa shape index (κ3) is 3.72. The predicted molar refractivity (Wildman–Crippen MR) is 107 cm³/mol. The van der Waals surface area contributed by atoms with E-state index < -0.39 is 0 Å². The van der Waals surface area contributed by atoms with Crippen LogP contribution in [0.15, 0.2) is 67.0 Å². The number of aromatic nitrogens is 3. The summed E-state index contributed by atoms with van der Waals surface area (Å²) in [4.78, 5) is 17.1. The molecule has 4 aromatic rings. The molecular weight excluding hydrogens is 336 g/mol. The molecule has 2 aromatic heterocycles. The molecule has 1 N–H and O–H groups in total. The number of aryl methyl sites for hydroxylation is 2. The molecule has 0 bridgehead atoms. The Kier molecular flexibility index (Phi) is 4.42. The maximum absolute atomic E-state index is 12.6. The fraction of sp³-hybridized carbons (Fsp3) is 0.136. The van der Waals surface area contributed by atoms with Crippen LogP contribution >= 0.6 is 0 Å². The highest BCUT2D eigenvalue weighted by molar-refractivity contribution is 6.05. The van der Waals surface area contributed by atoms with E-state index in [1.807, 2.05) is 54.9 Å². The molecule has 27 heavy (non-hydrogen) atoms. The van der Waals surface area contributed by atoms with Gasteiger partial charge in [0.2, 0.25) is 0 Å². The van der Waals surface area contributed by atoms with Crippen LogP contribution in [0.5, 0.6) is 0 Å². The zero-order valence-electron chi connectivity index (χ0n) is 15.3. The lowest BCUT2D eigenvalue weighted by atomic mass is 10.1. The van der Waals surface area contributed by atoms with Crippen LogP contribution < -0.4 is 5.32 Å². The zero-order chi connectivity index (χ0) is 18.8. The molecule has 0 fully saturated rings. The molecule has 0 atom stereocenters. The Bertz CT molecular complexity index is 1100. The molecule has 0 aliphatic carbocycles. The van der Waals surface area contributed by atoms with Crippen molar-refractivity contribution in [1.82, 2.24) is 14.8 Å². The van der Waals surface area contributed by atoms with Gasteiger partial charge in [-0.05, 0) is 48.7 Å². The molecule has 0 saturated carbocycles. The first-order chi connectivity index (χ1) is 13.1. The second-order valence-corrected chi connectivity index (χ2v) is 6.76. The second-order valence-electron chi connectivity index (χ2n) is 6.76. The van der Waals surface area contributed by atoms with Crippen molar-refractivity contribution in [3.63, 3.8) is 0 Å². The minimum Gasteiger partial charge on any atom is -0.322 e. The van der Waals surface area contributed by atoms with Gasteiger partial charge in [-0.15, -0.1) is 0 Å². The van der Waals surface area contributed by atoms with E-state index in [9.17, 15) is 4.79 Å². The van der Waals surface area contributed by atoms with Gasteiger partial charge in [-0.3, -0.25) is 4.79 Å². The van der Waals surface area contributed by atoms with Gasteiger partial charge in [0.1, 0.15) is 0 Å². The average molecular weight is 356 g/mol. The maximum atomic E-state index is 12.6. The SMILES string of the molecule is Cc1cc(C)cc(NC(=O)c2cnc3c(cnn3Cc3ccccc3)c2)c1. The first kappa shape index (κ1) is 17.0. The van der Waals surface area contributed by atoms with Gasteiger partial charge in [-0.25, -0.2) is 9.67 Å². The summed E-state index contributed by atoms with van der Waals surface area (Å²) >= 11 is 0. The molecule has 5 nitrogen and oxygen atoms in total. The zero-order valence-corrected chi connectivity index (χ0v) is 15.3. The molecule has 0 aliphatic heterocycles. The highest BCUT2D eigenvalue weighted by atomic mass is 16.1. The van der Waals surface area contributed by atoms with Crippen LogP contribution in [0.4, 0.5) is 5.69 Å². The monoisotopic (exact) mass is 356 g/mol. The lowest BCUT2D eigenvalue weighted by molar-refractivity contribution is 0.102. The van der Waals surface area contributed by atoms with Gasteiger partial charge in [0.05, 0.1) is 18.3 Å². The van der Waals surface area contributed by atoms with E-state index >= 15 is 0 Å². The maximum Gasteiger partial charge on any atom is 0.257 e. The summed E-state index contributed by atoms with van der Waals surface area (Å²) in [5.41, 5.74) is 5.45. The topological polar surface area (TPSA) is 59.8 Å². The highest BCUT2D eigenvalue weighted by Crippen LogP contribution is 2.18. The average Bonchev–Trinajstić information content (AvgIpc) is 3.04. The molecule has 0 radical (unpaired) electrons. The van der Waals surface area contributed by atoms with Crippen molar-refractivity contribution in [2.45, 2.75) is 20.4 Å². The van der Waals surface area contributed by atoms with Gasteiger partial charge < -0.3 is 5.32 Å². The van der Waals surface area contributed by atoms with Crippen LogP contribution in [0.2, 0.25) is 0 Å². The minimum absolute atomic E-state index is 0.176. The van der Waals surface area contributed by atoms with Crippen LogP contribution in [0.1, 0.15) is 27.0 Å². The number of carbonyl (C=O) groups excluding carboxylic acids is 1. The second kappa shape index (κ2) is 7.03. The lowest BCUT2D eigenvalue weighted by Gasteiger charge is -2.08. The Hall–Kier alpha value is -3.47. The number of hydrogen-bond donors (Lipinski definition) is 1. The normalized spacial score (nSPS) is 10.9. The minimum atomic E-state index is -0.176. The number of rotatable bonds is 4. The predicted octanol–water partition coefficient (Wildman–Crippen LogP) is 4.35. The van der Waals surface area contributed by atoms with Crippen molar-refractivity contribution in [3.05, 3.63) is 89.2 Å². The number of amides is 1. The van der Waals surface area contributed by atoms with E-state index in [1.54, 1.807) is 12.4 Å². The van der Waals surface area contributed by atoms with Gasteiger partial charge >= 0.3 is 0 Å². The number of anilines is 1. The quantitative estimate of drug-likeness (QED) is 0.591. The highest BCUT2D eigenvalue weighted by Gasteiger charge is 2.11. The number of pyridine rings is 1. The summed E-state index contributed by atoms with van der Waals surface area (Å²) < 4.78 is 1.84.